The van der Waals surface area contributed by atoms with Crippen molar-refractivity contribution in [3.05, 3.63) is 22.7 Å². The zero-order valence-electron chi connectivity index (χ0n) is 8.13. The van der Waals surface area contributed by atoms with Crippen molar-refractivity contribution in [3.63, 3.8) is 0 Å². The number of anilines is 1. The number of nitrogens with one attached hydrogen (secondary N) is 2. The van der Waals surface area contributed by atoms with Gasteiger partial charge in [0.1, 0.15) is 0 Å². The molecule has 1 aromatic heterocycles. The first-order valence-electron chi connectivity index (χ1n) is 4.57. The Morgan fingerprint density at radius 2 is 2.21 bits per heavy atom. The Morgan fingerprint density at radius 1 is 1.43 bits per heavy atom. The summed E-state index contributed by atoms with van der Waals surface area (Å²) in [6.45, 7) is 4.19. The highest BCUT2D eigenvalue weighted by molar-refractivity contribution is 9.10. The average molecular weight is 254 g/mol. The van der Waals surface area contributed by atoms with Crippen LogP contribution in [0.3, 0.4) is 0 Å². The van der Waals surface area contributed by atoms with E-state index < -0.39 is 0 Å². The SMILES string of the molecule is CC(C)Nc1n[nH]c2cc(Br)ccc12. The number of fused-ring (bicyclic) bond motifs is 1. The van der Waals surface area contributed by atoms with Crippen molar-refractivity contribution in [1.82, 2.24) is 10.2 Å². The third-order valence-corrected chi connectivity index (χ3v) is 2.44. The first-order valence-corrected chi connectivity index (χ1v) is 5.36. The minimum Gasteiger partial charge on any atom is -0.366 e. The molecule has 0 fully saturated rings. The molecule has 0 unspecified atom stereocenters. The Bertz CT molecular complexity index is 448. The second kappa shape index (κ2) is 3.61. The molecule has 14 heavy (non-hydrogen) atoms. The fourth-order valence-corrected chi connectivity index (χ4v) is 1.74. The summed E-state index contributed by atoms with van der Waals surface area (Å²) in [5.74, 6) is 0.919. The van der Waals surface area contributed by atoms with Crippen molar-refractivity contribution in [2.45, 2.75) is 19.9 Å². The van der Waals surface area contributed by atoms with E-state index >= 15 is 0 Å². The number of nitrogens with zero attached hydrogens (tertiary/aromatic N) is 1. The van der Waals surface area contributed by atoms with Crippen LogP contribution in [-0.4, -0.2) is 16.2 Å². The monoisotopic (exact) mass is 253 g/mol. The van der Waals surface area contributed by atoms with E-state index in [-0.39, 0.29) is 0 Å². The van der Waals surface area contributed by atoms with Crippen LogP contribution in [0.5, 0.6) is 0 Å². The number of halogens is 1. The molecule has 0 aliphatic heterocycles. The van der Waals surface area contributed by atoms with Crippen molar-refractivity contribution >= 4 is 32.7 Å². The van der Waals surface area contributed by atoms with E-state index in [2.05, 4.69) is 45.3 Å². The molecule has 2 rings (SSSR count). The molecule has 0 aliphatic carbocycles. The normalized spacial score (nSPS) is 11.1. The fourth-order valence-electron chi connectivity index (χ4n) is 1.38. The molecule has 0 radical (unpaired) electrons. The second-order valence-electron chi connectivity index (χ2n) is 3.56. The highest BCUT2D eigenvalue weighted by Gasteiger charge is 2.05. The van der Waals surface area contributed by atoms with E-state index in [0.29, 0.717) is 6.04 Å². The smallest absolute Gasteiger partial charge is 0.155 e. The third-order valence-electron chi connectivity index (χ3n) is 1.95. The first kappa shape index (κ1) is 9.52. The first-order chi connectivity index (χ1) is 6.66. The fraction of sp³-hybridized carbons (Fsp3) is 0.300. The molecule has 0 atom stereocenters. The van der Waals surface area contributed by atoms with E-state index in [1.807, 2.05) is 18.2 Å². The van der Waals surface area contributed by atoms with Crippen LogP contribution in [0.25, 0.3) is 10.9 Å². The van der Waals surface area contributed by atoms with Crippen molar-refractivity contribution in [3.8, 4) is 0 Å². The molecule has 4 heteroatoms. The van der Waals surface area contributed by atoms with Crippen LogP contribution in [0.4, 0.5) is 5.82 Å². The van der Waals surface area contributed by atoms with Gasteiger partial charge in [-0.3, -0.25) is 5.10 Å². The minimum absolute atomic E-state index is 0.394. The van der Waals surface area contributed by atoms with Gasteiger partial charge >= 0.3 is 0 Å². The van der Waals surface area contributed by atoms with Crippen LogP contribution in [0.15, 0.2) is 22.7 Å². The van der Waals surface area contributed by atoms with E-state index in [1.54, 1.807) is 0 Å². The Balaban J connectivity index is 2.47. The predicted molar refractivity (Wildman–Crippen MR) is 62.6 cm³/mol. The summed E-state index contributed by atoms with van der Waals surface area (Å²) in [7, 11) is 0. The maximum Gasteiger partial charge on any atom is 0.155 e. The molecule has 1 heterocycles. The van der Waals surface area contributed by atoms with Gasteiger partial charge in [-0.25, -0.2) is 0 Å². The van der Waals surface area contributed by atoms with Crippen molar-refractivity contribution in [2.24, 2.45) is 0 Å². The largest absolute Gasteiger partial charge is 0.366 e. The number of hydrogen-bond acceptors (Lipinski definition) is 2. The lowest BCUT2D eigenvalue weighted by molar-refractivity contribution is 0.886. The summed E-state index contributed by atoms with van der Waals surface area (Å²) >= 11 is 3.42. The van der Waals surface area contributed by atoms with Gasteiger partial charge in [-0.15, -0.1) is 0 Å². The van der Waals surface area contributed by atoms with E-state index in [0.717, 1.165) is 21.2 Å². The predicted octanol–water partition coefficient (Wildman–Crippen LogP) is 3.15. The van der Waals surface area contributed by atoms with Gasteiger partial charge in [-0.05, 0) is 32.0 Å². The molecule has 3 nitrogen and oxygen atoms in total. The molecule has 0 amide bonds. The van der Waals surface area contributed by atoms with E-state index in [9.17, 15) is 0 Å². The molecule has 1 aromatic carbocycles. The van der Waals surface area contributed by atoms with Crippen LogP contribution in [-0.2, 0) is 0 Å². The van der Waals surface area contributed by atoms with Crippen molar-refractivity contribution in [1.29, 1.82) is 0 Å². The average Bonchev–Trinajstić information content (AvgIpc) is 2.47. The minimum atomic E-state index is 0.394. The number of rotatable bonds is 2. The van der Waals surface area contributed by atoms with E-state index in [1.165, 1.54) is 0 Å². The molecular weight excluding hydrogens is 242 g/mol. The Morgan fingerprint density at radius 3 is 2.93 bits per heavy atom. The third kappa shape index (κ3) is 1.75. The lowest BCUT2D eigenvalue weighted by Gasteiger charge is -2.05. The molecule has 0 spiro atoms. The Labute approximate surface area is 91.0 Å². The van der Waals surface area contributed by atoms with Crippen LogP contribution in [0.2, 0.25) is 0 Å². The summed E-state index contributed by atoms with van der Waals surface area (Å²) in [6, 6.07) is 6.48. The maximum atomic E-state index is 4.22. The van der Waals surface area contributed by atoms with Gasteiger partial charge in [0.05, 0.1) is 5.52 Å². The maximum absolute atomic E-state index is 4.22. The van der Waals surface area contributed by atoms with Crippen LogP contribution in [0.1, 0.15) is 13.8 Å². The van der Waals surface area contributed by atoms with Gasteiger partial charge in [0, 0.05) is 15.9 Å². The van der Waals surface area contributed by atoms with Crippen molar-refractivity contribution in [2.75, 3.05) is 5.32 Å². The molecule has 2 N–H and O–H groups in total. The van der Waals surface area contributed by atoms with Gasteiger partial charge in [0.2, 0.25) is 0 Å². The van der Waals surface area contributed by atoms with Crippen LogP contribution < -0.4 is 5.32 Å². The second-order valence-corrected chi connectivity index (χ2v) is 4.48. The molecule has 0 saturated carbocycles. The highest BCUT2D eigenvalue weighted by atomic mass is 79.9. The Hall–Kier alpha value is -1.03. The van der Waals surface area contributed by atoms with Gasteiger partial charge in [0.25, 0.3) is 0 Å². The quantitative estimate of drug-likeness (QED) is 0.864. The van der Waals surface area contributed by atoms with E-state index in [4.69, 9.17) is 0 Å². The van der Waals surface area contributed by atoms with Gasteiger partial charge in [-0.1, -0.05) is 15.9 Å². The Kier molecular flexibility index (Phi) is 2.46. The molecule has 0 bridgehead atoms. The molecule has 0 saturated heterocycles. The molecular formula is C10H12BrN3. The topological polar surface area (TPSA) is 40.7 Å². The summed E-state index contributed by atoms with van der Waals surface area (Å²) in [6.07, 6.45) is 0. The van der Waals surface area contributed by atoms with Crippen LogP contribution in [0, 0.1) is 0 Å². The summed E-state index contributed by atoms with van der Waals surface area (Å²) < 4.78 is 1.06. The highest BCUT2D eigenvalue weighted by Crippen LogP contribution is 2.23. The van der Waals surface area contributed by atoms with Crippen molar-refractivity contribution < 1.29 is 0 Å². The zero-order valence-corrected chi connectivity index (χ0v) is 9.72. The molecule has 0 aliphatic rings. The number of aromatic nitrogens is 2. The van der Waals surface area contributed by atoms with Gasteiger partial charge in [-0.2, -0.15) is 5.10 Å². The molecule has 74 valence electrons. The van der Waals surface area contributed by atoms with Gasteiger partial charge < -0.3 is 5.32 Å². The van der Waals surface area contributed by atoms with Gasteiger partial charge in [0.15, 0.2) is 5.82 Å². The number of H-pyrrole nitrogens is 1. The summed E-state index contributed by atoms with van der Waals surface area (Å²) in [5.41, 5.74) is 1.04. The lowest BCUT2D eigenvalue weighted by atomic mass is 10.2. The number of benzene rings is 1. The van der Waals surface area contributed by atoms with Crippen LogP contribution >= 0.6 is 15.9 Å². The molecule has 2 aromatic rings. The number of aromatic amines is 1. The lowest BCUT2D eigenvalue weighted by Crippen LogP contribution is -2.09. The standard InChI is InChI=1S/C10H12BrN3/c1-6(2)12-10-8-4-3-7(11)5-9(8)13-14-10/h3-6H,1-2H3,(H2,12,13,14). The summed E-state index contributed by atoms with van der Waals surface area (Å²) in [4.78, 5) is 0. The zero-order chi connectivity index (χ0) is 10.1. The summed E-state index contributed by atoms with van der Waals surface area (Å²) in [5, 5.41) is 11.6. The number of hydrogen-bond donors (Lipinski definition) is 2.